The summed E-state index contributed by atoms with van der Waals surface area (Å²) in [5.41, 5.74) is 0. The Morgan fingerprint density at radius 2 is 0.893 bits per heavy atom. The molecule has 0 aromatic heterocycles. The van der Waals surface area contributed by atoms with Crippen LogP contribution in [0.25, 0.3) is 0 Å². The van der Waals surface area contributed by atoms with Crippen LogP contribution in [0.4, 0.5) is 0 Å². The van der Waals surface area contributed by atoms with Crippen LogP contribution in [-0.2, 0) is 14.3 Å². The Labute approximate surface area is 349 Å². The third kappa shape index (κ3) is 39.4. The molecule has 0 aliphatic carbocycles. The Balaban J connectivity index is 4.53. The third-order valence-corrected chi connectivity index (χ3v) is 11.6. The lowest BCUT2D eigenvalue weighted by molar-refractivity contribution is -0.151. The van der Waals surface area contributed by atoms with Gasteiger partial charge in [-0.05, 0) is 44.9 Å². The van der Waals surface area contributed by atoms with Crippen LogP contribution in [0.15, 0.2) is 12.2 Å². The number of carbonyl (C=O) groups excluding carboxylic acids is 2. The highest BCUT2D eigenvalue weighted by Crippen LogP contribution is 2.18. The molecule has 6 nitrogen and oxygen atoms in total. The van der Waals surface area contributed by atoms with Crippen molar-refractivity contribution >= 4 is 11.9 Å². The molecule has 0 bridgehead atoms. The smallest absolute Gasteiger partial charge is 0.306 e. The first-order chi connectivity index (χ1) is 27.5. The summed E-state index contributed by atoms with van der Waals surface area (Å²) >= 11 is 0. The molecule has 3 N–H and O–H groups in total. The van der Waals surface area contributed by atoms with Gasteiger partial charge in [-0.2, -0.15) is 0 Å². The summed E-state index contributed by atoms with van der Waals surface area (Å²) in [5, 5.41) is 23.7. The van der Waals surface area contributed by atoms with Crippen LogP contribution >= 0.6 is 0 Å². The molecule has 0 spiro atoms. The third-order valence-electron chi connectivity index (χ3n) is 11.6. The maximum atomic E-state index is 13.2. The first kappa shape index (κ1) is 54.6. The van der Waals surface area contributed by atoms with Crippen LogP contribution in [0.5, 0.6) is 0 Å². The Bertz CT molecular complexity index is 847. The van der Waals surface area contributed by atoms with Crippen molar-refractivity contribution in [3.8, 4) is 0 Å². The molecule has 0 aromatic rings. The van der Waals surface area contributed by atoms with Crippen LogP contribution in [0.3, 0.4) is 0 Å². The van der Waals surface area contributed by atoms with Crippen molar-refractivity contribution in [2.24, 2.45) is 0 Å². The van der Waals surface area contributed by atoms with E-state index >= 15 is 0 Å². The van der Waals surface area contributed by atoms with E-state index in [2.05, 4.69) is 38.2 Å². The Morgan fingerprint density at radius 3 is 1.34 bits per heavy atom. The molecular formula is C50H97NO5. The van der Waals surface area contributed by atoms with Gasteiger partial charge >= 0.3 is 5.97 Å². The van der Waals surface area contributed by atoms with Crippen LogP contribution in [-0.4, -0.2) is 46.9 Å². The number of allylic oxidation sites excluding steroid dienone is 2. The molecule has 3 atom stereocenters. The quantitative estimate of drug-likeness (QED) is 0.0324. The van der Waals surface area contributed by atoms with Gasteiger partial charge in [0.15, 0.2) is 0 Å². The van der Waals surface area contributed by atoms with Crippen molar-refractivity contribution in [3.63, 3.8) is 0 Å². The van der Waals surface area contributed by atoms with Gasteiger partial charge in [-0.15, -0.1) is 0 Å². The highest BCUT2D eigenvalue weighted by atomic mass is 16.5. The van der Waals surface area contributed by atoms with Crippen molar-refractivity contribution in [1.82, 2.24) is 5.32 Å². The number of aliphatic hydroxyl groups is 2. The molecule has 1 amide bonds. The first-order valence-electron chi connectivity index (χ1n) is 24.9. The summed E-state index contributed by atoms with van der Waals surface area (Å²) in [6.45, 7) is 6.44. The molecule has 3 unspecified atom stereocenters. The lowest BCUT2D eigenvalue weighted by atomic mass is 10.0. The molecule has 0 radical (unpaired) electrons. The molecule has 0 aliphatic rings. The molecule has 0 rings (SSSR count). The van der Waals surface area contributed by atoms with E-state index in [4.69, 9.17) is 4.74 Å². The highest BCUT2D eigenvalue weighted by molar-refractivity contribution is 5.77. The fourth-order valence-electron chi connectivity index (χ4n) is 7.79. The molecule has 56 heavy (non-hydrogen) atoms. The summed E-state index contributed by atoms with van der Waals surface area (Å²) in [6, 6.07) is -0.695. The summed E-state index contributed by atoms with van der Waals surface area (Å²) in [5.74, 6) is -0.471. The van der Waals surface area contributed by atoms with Gasteiger partial charge < -0.3 is 20.3 Å². The average Bonchev–Trinajstić information content (AvgIpc) is 3.19. The van der Waals surface area contributed by atoms with E-state index in [-0.39, 0.29) is 24.9 Å². The van der Waals surface area contributed by atoms with Crippen molar-refractivity contribution in [2.75, 3.05) is 6.61 Å². The molecule has 6 heteroatoms. The van der Waals surface area contributed by atoms with E-state index in [1.807, 2.05) is 0 Å². The summed E-state index contributed by atoms with van der Waals surface area (Å²) < 4.78 is 5.91. The van der Waals surface area contributed by atoms with E-state index in [1.165, 1.54) is 167 Å². The largest absolute Gasteiger partial charge is 0.462 e. The zero-order chi connectivity index (χ0) is 41.0. The highest BCUT2D eigenvalue weighted by Gasteiger charge is 2.24. The van der Waals surface area contributed by atoms with E-state index in [0.29, 0.717) is 19.3 Å². The predicted octanol–water partition coefficient (Wildman–Crippen LogP) is 14.6. The number of aliphatic hydroxyl groups excluding tert-OH is 2. The number of hydrogen-bond acceptors (Lipinski definition) is 5. The van der Waals surface area contributed by atoms with Crippen molar-refractivity contribution in [1.29, 1.82) is 0 Å². The fraction of sp³-hybridized carbons (Fsp3) is 0.920. The van der Waals surface area contributed by atoms with E-state index in [9.17, 15) is 19.8 Å². The number of carbonyl (C=O) groups is 2. The van der Waals surface area contributed by atoms with Crippen molar-refractivity contribution in [2.45, 2.75) is 289 Å². The zero-order valence-corrected chi connectivity index (χ0v) is 37.8. The second-order valence-electron chi connectivity index (χ2n) is 17.2. The lowest BCUT2D eigenvalue weighted by Crippen LogP contribution is -2.46. The lowest BCUT2D eigenvalue weighted by Gasteiger charge is -2.24. The van der Waals surface area contributed by atoms with Gasteiger partial charge in [-0.1, -0.05) is 226 Å². The Morgan fingerprint density at radius 1 is 0.500 bits per heavy atom. The van der Waals surface area contributed by atoms with E-state index in [0.717, 1.165) is 57.8 Å². The minimum absolute atomic E-state index is 0.0811. The molecule has 0 aliphatic heterocycles. The van der Waals surface area contributed by atoms with Gasteiger partial charge in [0.2, 0.25) is 5.91 Å². The van der Waals surface area contributed by atoms with Gasteiger partial charge in [0.1, 0.15) is 6.10 Å². The van der Waals surface area contributed by atoms with Gasteiger partial charge in [0.25, 0.3) is 0 Å². The Hall–Kier alpha value is -1.40. The number of rotatable bonds is 45. The fourth-order valence-corrected chi connectivity index (χ4v) is 7.79. The number of ether oxygens (including phenoxy) is 1. The van der Waals surface area contributed by atoms with Gasteiger partial charge in [-0.3, -0.25) is 9.59 Å². The number of nitrogens with one attached hydrogen (secondary N) is 1. The van der Waals surface area contributed by atoms with Crippen LogP contribution in [0, 0.1) is 0 Å². The van der Waals surface area contributed by atoms with E-state index < -0.39 is 18.2 Å². The van der Waals surface area contributed by atoms with Gasteiger partial charge in [0, 0.05) is 6.42 Å². The number of amides is 1. The second-order valence-corrected chi connectivity index (χ2v) is 17.2. The molecule has 0 heterocycles. The summed E-state index contributed by atoms with van der Waals surface area (Å²) in [4.78, 5) is 26.0. The number of unbranched alkanes of at least 4 members (excludes halogenated alkanes) is 31. The predicted molar refractivity (Wildman–Crippen MR) is 241 cm³/mol. The van der Waals surface area contributed by atoms with Crippen molar-refractivity contribution < 1.29 is 24.5 Å². The average molecular weight is 792 g/mol. The molecule has 0 saturated carbocycles. The molecule has 0 fully saturated rings. The number of esters is 1. The maximum absolute atomic E-state index is 13.2. The van der Waals surface area contributed by atoms with Crippen molar-refractivity contribution in [3.05, 3.63) is 12.2 Å². The van der Waals surface area contributed by atoms with Crippen LogP contribution in [0.1, 0.15) is 271 Å². The van der Waals surface area contributed by atoms with Crippen LogP contribution in [0.2, 0.25) is 0 Å². The van der Waals surface area contributed by atoms with E-state index in [1.54, 1.807) is 0 Å². The molecule has 332 valence electrons. The SMILES string of the molecule is CCC/C=C\CCCCCCCC(=O)OC(CCCCCCCCCCCCCCCCC)CC(=O)NC(CO)C(O)CCCCCCCCCCCCCC. The molecular weight excluding hydrogens is 695 g/mol. The topological polar surface area (TPSA) is 95.9 Å². The van der Waals surface area contributed by atoms with Gasteiger partial charge in [0.05, 0.1) is 25.2 Å². The molecule has 0 saturated heterocycles. The minimum atomic E-state index is -0.781. The minimum Gasteiger partial charge on any atom is -0.462 e. The molecule has 0 aromatic carbocycles. The summed E-state index contributed by atoms with van der Waals surface area (Å²) in [6.07, 6.45) is 48.4. The normalized spacial score (nSPS) is 13.3. The standard InChI is InChI=1S/C50H97NO5/c1-4-7-10-13-16-19-22-24-25-26-27-29-32-35-38-41-46(56-50(55)43-40-37-34-31-21-18-15-12-9-6-3)44-49(54)51-47(45-52)48(53)42-39-36-33-30-28-23-20-17-14-11-8-5-2/h12,15,46-48,52-53H,4-11,13-14,16-45H2,1-3H3,(H,51,54)/b15-12-. The number of hydrogen-bond donors (Lipinski definition) is 3. The maximum Gasteiger partial charge on any atom is 0.306 e. The monoisotopic (exact) mass is 792 g/mol. The zero-order valence-electron chi connectivity index (χ0n) is 37.8. The Kier molecular flexibility index (Phi) is 43.6. The van der Waals surface area contributed by atoms with Crippen LogP contribution < -0.4 is 5.32 Å². The first-order valence-corrected chi connectivity index (χ1v) is 24.9. The van der Waals surface area contributed by atoms with Gasteiger partial charge in [-0.25, -0.2) is 0 Å². The summed E-state index contributed by atoms with van der Waals surface area (Å²) in [7, 11) is 0. The second kappa shape index (κ2) is 44.7.